The zero-order chi connectivity index (χ0) is 20.6. The standard InChI is InChI=1S/C20H20BFN6O/c1-4-29-19-25-12(2)16-18(27-19)28(10-15-5-6-20(3,21)11-24-15)17(26-16)13-7-14(22)9-23-8-13/h5-9H,4,10-11H2,1-3H3. The summed E-state index contributed by atoms with van der Waals surface area (Å²) >= 11 is 0. The average Bonchev–Trinajstić information content (AvgIpc) is 3.03. The first-order valence-corrected chi connectivity index (χ1v) is 9.36. The van der Waals surface area contributed by atoms with Gasteiger partial charge in [0.05, 0.1) is 38.6 Å². The van der Waals surface area contributed by atoms with E-state index in [1.807, 2.05) is 37.5 Å². The highest BCUT2D eigenvalue weighted by Crippen LogP contribution is 2.29. The number of allylic oxidation sites excluding steroid dienone is 1. The molecule has 2 radical (unpaired) electrons. The SMILES string of the molecule is [B]C1(C)C=CC(Cn2c(-c3cncc(F)c3)nc3c(C)nc(OCC)nc32)=NC1. The van der Waals surface area contributed by atoms with Crippen LogP contribution in [0.25, 0.3) is 22.6 Å². The Hall–Kier alpha value is -3.10. The summed E-state index contributed by atoms with van der Waals surface area (Å²) in [4.78, 5) is 22.1. The normalized spacial score (nSPS) is 18.8. The van der Waals surface area contributed by atoms with Crippen LogP contribution in [0.4, 0.5) is 4.39 Å². The molecular weight excluding hydrogens is 370 g/mol. The van der Waals surface area contributed by atoms with Crippen LogP contribution in [-0.2, 0) is 6.54 Å². The van der Waals surface area contributed by atoms with Crippen molar-refractivity contribution in [1.29, 1.82) is 0 Å². The van der Waals surface area contributed by atoms with E-state index in [2.05, 4.69) is 19.9 Å². The molecule has 0 aromatic carbocycles. The van der Waals surface area contributed by atoms with Gasteiger partial charge >= 0.3 is 6.01 Å². The molecule has 0 saturated heterocycles. The second-order valence-corrected chi connectivity index (χ2v) is 7.26. The Balaban J connectivity index is 1.87. The van der Waals surface area contributed by atoms with E-state index in [4.69, 9.17) is 17.6 Å². The van der Waals surface area contributed by atoms with Crippen molar-refractivity contribution in [3.63, 3.8) is 0 Å². The van der Waals surface area contributed by atoms with Gasteiger partial charge in [0.15, 0.2) is 5.65 Å². The minimum absolute atomic E-state index is 0.276. The molecule has 0 aliphatic carbocycles. The highest BCUT2D eigenvalue weighted by molar-refractivity contribution is 6.17. The average molecular weight is 390 g/mol. The fraction of sp³-hybridized carbons (Fsp3) is 0.350. The highest BCUT2D eigenvalue weighted by Gasteiger charge is 2.22. The summed E-state index contributed by atoms with van der Waals surface area (Å²) in [6, 6.07) is 1.67. The quantitative estimate of drug-likeness (QED) is 0.626. The molecule has 3 aromatic rings. The van der Waals surface area contributed by atoms with E-state index in [1.54, 1.807) is 6.20 Å². The molecule has 4 rings (SSSR count). The maximum Gasteiger partial charge on any atom is 0.318 e. The van der Waals surface area contributed by atoms with Gasteiger partial charge in [0.1, 0.15) is 17.2 Å². The smallest absolute Gasteiger partial charge is 0.318 e. The Morgan fingerprint density at radius 2 is 2.10 bits per heavy atom. The fourth-order valence-corrected chi connectivity index (χ4v) is 3.14. The molecule has 0 bridgehead atoms. The minimum Gasteiger partial charge on any atom is -0.464 e. The van der Waals surface area contributed by atoms with Gasteiger partial charge in [0, 0.05) is 18.3 Å². The number of aromatic nitrogens is 5. The highest BCUT2D eigenvalue weighted by atomic mass is 19.1. The van der Waals surface area contributed by atoms with E-state index in [0.29, 0.717) is 47.9 Å². The van der Waals surface area contributed by atoms with Crippen molar-refractivity contribution < 1.29 is 9.13 Å². The molecule has 7 nitrogen and oxygen atoms in total. The third-order valence-corrected chi connectivity index (χ3v) is 4.58. The van der Waals surface area contributed by atoms with E-state index < -0.39 is 11.1 Å². The molecule has 3 aromatic heterocycles. The van der Waals surface area contributed by atoms with Crippen LogP contribution in [0, 0.1) is 12.7 Å². The minimum atomic E-state index is -0.462. The zero-order valence-corrected chi connectivity index (χ0v) is 16.6. The predicted octanol–water partition coefficient (Wildman–Crippen LogP) is 3.09. The Morgan fingerprint density at radius 3 is 2.79 bits per heavy atom. The van der Waals surface area contributed by atoms with Crippen molar-refractivity contribution >= 4 is 24.7 Å². The molecular formula is C20H20BFN6O. The molecule has 4 heterocycles. The van der Waals surface area contributed by atoms with Crippen LogP contribution >= 0.6 is 0 Å². The Morgan fingerprint density at radius 1 is 1.28 bits per heavy atom. The van der Waals surface area contributed by atoms with E-state index in [1.165, 1.54) is 6.07 Å². The topological polar surface area (TPSA) is 78.1 Å². The number of pyridine rings is 1. The number of ether oxygens (including phenoxy) is 1. The van der Waals surface area contributed by atoms with Crippen LogP contribution < -0.4 is 4.74 Å². The summed E-state index contributed by atoms with van der Waals surface area (Å²) in [6.07, 6.45) is 6.57. The van der Waals surface area contributed by atoms with Crippen molar-refractivity contribution in [1.82, 2.24) is 24.5 Å². The van der Waals surface area contributed by atoms with Crippen molar-refractivity contribution in [3.05, 3.63) is 42.1 Å². The van der Waals surface area contributed by atoms with Gasteiger partial charge < -0.3 is 9.30 Å². The van der Waals surface area contributed by atoms with Gasteiger partial charge in [-0.2, -0.15) is 9.97 Å². The summed E-state index contributed by atoms with van der Waals surface area (Å²) in [5.41, 5.74) is 3.27. The number of rotatable bonds is 5. The van der Waals surface area contributed by atoms with Crippen molar-refractivity contribution in [2.45, 2.75) is 32.6 Å². The number of nitrogens with zero attached hydrogens (tertiary/aromatic N) is 6. The van der Waals surface area contributed by atoms with Crippen LogP contribution in [0.1, 0.15) is 19.5 Å². The maximum absolute atomic E-state index is 13.8. The second kappa shape index (κ2) is 7.38. The lowest BCUT2D eigenvalue weighted by atomic mass is 9.69. The van der Waals surface area contributed by atoms with Gasteiger partial charge in [-0.15, -0.1) is 0 Å². The molecule has 1 aliphatic heterocycles. The summed E-state index contributed by atoms with van der Waals surface area (Å²) in [6.45, 7) is 6.97. The van der Waals surface area contributed by atoms with E-state index >= 15 is 0 Å². The largest absolute Gasteiger partial charge is 0.464 e. The second-order valence-electron chi connectivity index (χ2n) is 7.26. The first-order chi connectivity index (χ1) is 13.9. The first kappa shape index (κ1) is 19.2. The number of hydrogen-bond acceptors (Lipinski definition) is 6. The van der Waals surface area contributed by atoms with Gasteiger partial charge in [0.25, 0.3) is 0 Å². The summed E-state index contributed by atoms with van der Waals surface area (Å²) in [5.74, 6) is 0.1000. The number of aliphatic imine (C=N–C) groups is 1. The van der Waals surface area contributed by atoms with Gasteiger partial charge in [0.2, 0.25) is 0 Å². The molecule has 0 amide bonds. The summed E-state index contributed by atoms with van der Waals surface area (Å²) in [5, 5.41) is -0.462. The van der Waals surface area contributed by atoms with E-state index in [0.717, 1.165) is 11.9 Å². The summed E-state index contributed by atoms with van der Waals surface area (Å²) in [7, 11) is 6.11. The Kier molecular flexibility index (Phi) is 4.90. The van der Waals surface area contributed by atoms with Gasteiger partial charge in [-0.1, -0.05) is 13.0 Å². The molecule has 29 heavy (non-hydrogen) atoms. The van der Waals surface area contributed by atoms with Crippen molar-refractivity contribution in [2.24, 2.45) is 4.99 Å². The number of halogens is 1. The van der Waals surface area contributed by atoms with Gasteiger partial charge in [-0.25, -0.2) is 9.37 Å². The summed E-state index contributed by atoms with van der Waals surface area (Å²) < 4.78 is 21.2. The van der Waals surface area contributed by atoms with Crippen LogP contribution in [-0.4, -0.2) is 51.2 Å². The van der Waals surface area contributed by atoms with Crippen LogP contribution in [0.3, 0.4) is 0 Å². The molecule has 1 atom stereocenters. The molecule has 0 saturated carbocycles. The first-order valence-electron chi connectivity index (χ1n) is 9.36. The Bertz CT molecular complexity index is 1140. The number of fused-ring (bicyclic) bond motifs is 1. The van der Waals surface area contributed by atoms with Gasteiger partial charge in [-0.3, -0.25) is 9.98 Å². The lowest BCUT2D eigenvalue weighted by Gasteiger charge is -2.22. The molecule has 1 aliphatic rings. The predicted molar refractivity (Wildman–Crippen MR) is 110 cm³/mol. The maximum atomic E-state index is 13.8. The molecule has 0 spiro atoms. The van der Waals surface area contributed by atoms with Crippen LogP contribution in [0.15, 0.2) is 35.6 Å². The number of hydrogen-bond donors (Lipinski definition) is 0. The van der Waals surface area contributed by atoms with Crippen LogP contribution in [0.2, 0.25) is 5.31 Å². The molecule has 9 heteroatoms. The molecule has 146 valence electrons. The van der Waals surface area contributed by atoms with Gasteiger partial charge in [-0.05, 0) is 31.3 Å². The number of imidazole rings is 1. The monoisotopic (exact) mass is 390 g/mol. The zero-order valence-electron chi connectivity index (χ0n) is 16.6. The van der Waals surface area contributed by atoms with E-state index in [-0.39, 0.29) is 6.01 Å². The molecule has 0 fully saturated rings. The third-order valence-electron chi connectivity index (χ3n) is 4.58. The fourth-order valence-electron chi connectivity index (χ4n) is 3.14. The molecule has 0 N–H and O–H groups in total. The Labute approximate surface area is 169 Å². The lowest BCUT2D eigenvalue weighted by molar-refractivity contribution is 0.313. The van der Waals surface area contributed by atoms with E-state index in [9.17, 15) is 4.39 Å². The molecule has 1 unspecified atom stereocenters. The van der Waals surface area contributed by atoms with Crippen molar-refractivity contribution in [2.75, 3.05) is 13.2 Å². The third kappa shape index (κ3) is 3.90. The lowest BCUT2D eigenvalue weighted by Crippen LogP contribution is -2.19. The number of dihydropyridines is 1. The van der Waals surface area contributed by atoms with Crippen molar-refractivity contribution in [3.8, 4) is 17.4 Å². The van der Waals surface area contributed by atoms with Crippen LogP contribution in [0.5, 0.6) is 6.01 Å². The number of aryl methyl sites for hydroxylation is 1.